The Kier molecular flexibility index (Phi) is 43.0. The summed E-state index contributed by atoms with van der Waals surface area (Å²) in [6.07, 6.45) is 26.8. The van der Waals surface area contributed by atoms with E-state index in [0.717, 1.165) is 38.4 Å². The van der Waals surface area contributed by atoms with Crippen LogP contribution in [0.1, 0.15) is 135 Å². The van der Waals surface area contributed by atoms with Gasteiger partial charge in [-0.1, -0.05) is 116 Å². The topological polar surface area (TPSA) is 64.6 Å². The van der Waals surface area contributed by atoms with Crippen molar-refractivity contribution in [3.05, 3.63) is 0 Å². The van der Waals surface area contributed by atoms with E-state index < -0.39 is 0 Å². The normalized spacial score (nSPS) is 11.6. The van der Waals surface area contributed by atoms with Crippen LogP contribution in [0.2, 0.25) is 0 Å². The van der Waals surface area contributed by atoms with Gasteiger partial charge in [0.05, 0.1) is 79.3 Å². The molecule has 0 aromatic rings. The average molecular weight is 653 g/mol. The van der Waals surface area contributed by atoms with E-state index in [0.29, 0.717) is 79.3 Å². The molecule has 0 fully saturated rings. The maximum atomic E-state index is 5.69. The molecule has 0 aromatic heterocycles. The molecule has 0 saturated heterocycles. The summed E-state index contributed by atoms with van der Waals surface area (Å²) in [6.45, 7) is 11.0. The quantitative estimate of drug-likeness (QED) is 0.0482. The summed E-state index contributed by atoms with van der Waals surface area (Å²) in [6, 6.07) is 0. The van der Waals surface area contributed by atoms with E-state index in [-0.39, 0.29) is 0 Å². The van der Waals surface area contributed by atoms with Crippen molar-refractivity contribution < 1.29 is 33.2 Å². The zero-order valence-electron chi connectivity index (χ0n) is 29.0. The van der Waals surface area contributed by atoms with E-state index in [4.69, 9.17) is 44.8 Å². The van der Waals surface area contributed by atoms with E-state index in [1.54, 1.807) is 0 Å². The molecule has 0 aliphatic heterocycles. The minimum absolute atomic E-state index is 0.559. The molecule has 0 spiro atoms. The van der Waals surface area contributed by atoms with Gasteiger partial charge in [0.1, 0.15) is 0 Å². The largest absolute Gasteiger partial charge is 0.379 e. The molecule has 0 aromatic carbocycles. The standard InChI is InChI=1S/C36H73ClO7/c1-2-3-4-5-6-7-8-9-10-11-12-13-14-15-17-20-23-38-25-27-40-29-31-42-33-35-44-36-34-43-32-30-41-28-26-39-24-21-18-16-19-22-37/h2-36H2,1H3. The van der Waals surface area contributed by atoms with Gasteiger partial charge in [-0.15, -0.1) is 11.6 Å². The van der Waals surface area contributed by atoms with Gasteiger partial charge < -0.3 is 33.2 Å². The Balaban J connectivity index is 3.03. The predicted molar refractivity (Wildman–Crippen MR) is 184 cm³/mol. The van der Waals surface area contributed by atoms with Crippen molar-refractivity contribution in [2.75, 3.05) is 98.4 Å². The van der Waals surface area contributed by atoms with Crippen molar-refractivity contribution in [2.24, 2.45) is 0 Å². The van der Waals surface area contributed by atoms with Crippen LogP contribution in [0.25, 0.3) is 0 Å². The number of unbranched alkanes of at least 4 members (excludes halogenated alkanes) is 18. The van der Waals surface area contributed by atoms with Crippen LogP contribution in [-0.4, -0.2) is 98.4 Å². The first-order valence-electron chi connectivity index (χ1n) is 18.5. The minimum Gasteiger partial charge on any atom is -0.379 e. The molecule has 8 heteroatoms. The molecule has 7 nitrogen and oxygen atoms in total. The molecule has 0 unspecified atom stereocenters. The fourth-order valence-corrected chi connectivity index (χ4v) is 5.01. The Morgan fingerprint density at radius 1 is 0.250 bits per heavy atom. The molecule has 0 atom stereocenters. The first-order chi connectivity index (χ1) is 21.9. The number of alkyl halides is 1. The van der Waals surface area contributed by atoms with Crippen molar-refractivity contribution in [1.29, 1.82) is 0 Å². The Morgan fingerprint density at radius 3 is 0.705 bits per heavy atom. The molecule has 44 heavy (non-hydrogen) atoms. The fourth-order valence-electron chi connectivity index (χ4n) is 4.83. The van der Waals surface area contributed by atoms with Crippen LogP contribution in [0.4, 0.5) is 0 Å². The zero-order valence-corrected chi connectivity index (χ0v) is 29.7. The number of hydrogen-bond donors (Lipinski definition) is 0. The number of halogens is 1. The van der Waals surface area contributed by atoms with Gasteiger partial charge in [0, 0.05) is 19.1 Å². The van der Waals surface area contributed by atoms with Gasteiger partial charge in [-0.25, -0.2) is 0 Å². The lowest BCUT2D eigenvalue weighted by atomic mass is 10.0. The van der Waals surface area contributed by atoms with Crippen LogP contribution in [0.15, 0.2) is 0 Å². The summed E-state index contributed by atoms with van der Waals surface area (Å²) < 4.78 is 38.8. The van der Waals surface area contributed by atoms with Gasteiger partial charge in [0.15, 0.2) is 0 Å². The van der Waals surface area contributed by atoms with Crippen molar-refractivity contribution in [2.45, 2.75) is 135 Å². The van der Waals surface area contributed by atoms with Crippen molar-refractivity contribution in [3.63, 3.8) is 0 Å². The molecule has 266 valence electrons. The first-order valence-corrected chi connectivity index (χ1v) is 19.1. The molecule has 0 aliphatic rings. The molecule has 0 radical (unpaired) electrons. The van der Waals surface area contributed by atoms with Crippen molar-refractivity contribution >= 4 is 11.6 Å². The second-order valence-corrected chi connectivity index (χ2v) is 12.1. The third kappa shape index (κ3) is 42.0. The average Bonchev–Trinajstić information content (AvgIpc) is 3.04. The zero-order chi connectivity index (χ0) is 31.7. The lowest BCUT2D eigenvalue weighted by Crippen LogP contribution is -2.14. The molecule has 0 saturated carbocycles. The molecule has 0 aliphatic carbocycles. The lowest BCUT2D eigenvalue weighted by Gasteiger charge is -2.08. The Labute approximate surface area is 278 Å². The van der Waals surface area contributed by atoms with Crippen LogP contribution >= 0.6 is 11.6 Å². The van der Waals surface area contributed by atoms with E-state index in [9.17, 15) is 0 Å². The highest BCUT2D eigenvalue weighted by Gasteiger charge is 1.97. The smallest absolute Gasteiger partial charge is 0.0701 e. The van der Waals surface area contributed by atoms with Gasteiger partial charge in [-0.05, 0) is 19.3 Å². The van der Waals surface area contributed by atoms with E-state index in [1.807, 2.05) is 0 Å². The summed E-state index contributed by atoms with van der Waals surface area (Å²) in [7, 11) is 0. The molecule has 0 bridgehead atoms. The molecule has 0 N–H and O–H groups in total. The van der Waals surface area contributed by atoms with Crippen molar-refractivity contribution in [3.8, 4) is 0 Å². The maximum Gasteiger partial charge on any atom is 0.0701 e. The van der Waals surface area contributed by atoms with E-state index in [1.165, 1.54) is 109 Å². The van der Waals surface area contributed by atoms with Crippen LogP contribution in [0, 0.1) is 0 Å². The monoisotopic (exact) mass is 653 g/mol. The SMILES string of the molecule is CCCCCCCCCCCCCCCCCCOCCOCCOCCOCCOCCOCCOCCCCCCCl. The van der Waals surface area contributed by atoms with Gasteiger partial charge in [-0.3, -0.25) is 0 Å². The predicted octanol–water partition coefficient (Wildman–Crippen LogP) is 9.16. The van der Waals surface area contributed by atoms with E-state index in [2.05, 4.69) is 6.92 Å². The maximum absolute atomic E-state index is 5.69. The summed E-state index contributed by atoms with van der Waals surface area (Å²) >= 11 is 5.66. The highest BCUT2D eigenvalue weighted by Crippen LogP contribution is 2.13. The number of hydrogen-bond acceptors (Lipinski definition) is 7. The highest BCUT2D eigenvalue weighted by atomic mass is 35.5. The van der Waals surface area contributed by atoms with Gasteiger partial charge >= 0.3 is 0 Å². The summed E-state index contributed by atoms with van der Waals surface area (Å²) in [4.78, 5) is 0. The molecule has 0 amide bonds. The minimum atomic E-state index is 0.559. The summed E-state index contributed by atoms with van der Waals surface area (Å²) in [5.74, 6) is 0.754. The van der Waals surface area contributed by atoms with Crippen LogP contribution in [-0.2, 0) is 33.2 Å². The Bertz CT molecular complexity index is 445. The second kappa shape index (κ2) is 43.0. The third-order valence-corrected chi connectivity index (χ3v) is 7.81. The van der Waals surface area contributed by atoms with Crippen LogP contribution < -0.4 is 0 Å². The van der Waals surface area contributed by atoms with Gasteiger partial charge in [0.25, 0.3) is 0 Å². The van der Waals surface area contributed by atoms with Gasteiger partial charge in [-0.2, -0.15) is 0 Å². The molecule has 0 heterocycles. The molecular weight excluding hydrogens is 580 g/mol. The third-order valence-electron chi connectivity index (χ3n) is 7.55. The van der Waals surface area contributed by atoms with E-state index >= 15 is 0 Å². The van der Waals surface area contributed by atoms with Crippen molar-refractivity contribution in [1.82, 2.24) is 0 Å². The van der Waals surface area contributed by atoms with Crippen LogP contribution in [0.3, 0.4) is 0 Å². The first kappa shape index (κ1) is 44.0. The lowest BCUT2D eigenvalue weighted by molar-refractivity contribution is -0.0206. The molecule has 0 rings (SSSR count). The second-order valence-electron chi connectivity index (χ2n) is 11.7. The van der Waals surface area contributed by atoms with Gasteiger partial charge in [0.2, 0.25) is 0 Å². The molecular formula is C36H73ClO7. The number of ether oxygens (including phenoxy) is 7. The van der Waals surface area contributed by atoms with Crippen LogP contribution in [0.5, 0.6) is 0 Å². The Hall–Kier alpha value is 0.01000. The number of rotatable bonds is 41. The Morgan fingerprint density at radius 2 is 0.455 bits per heavy atom. The highest BCUT2D eigenvalue weighted by molar-refractivity contribution is 6.17. The summed E-state index contributed by atoms with van der Waals surface area (Å²) in [5, 5.41) is 0. The summed E-state index contributed by atoms with van der Waals surface area (Å²) in [5.41, 5.74) is 0. The fraction of sp³-hybridized carbons (Fsp3) is 1.00.